The molecule has 1 aromatic rings. The number of ether oxygens (including phenoxy) is 1. The Hall–Kier alpha value is -1.75. The summed E-state index contributed by atoms with van der Waals surface area (Å²) in [7, 11) is 1.66. The number of amides is 1. The van der Waals surface area contributed by atoms with E-state index in [0.29, 0.717) is 6.04 Å². The Bertz CT molecular complexity index is 425. The molecule has 1 amide bonds. The van der Waals surface area contributed by atoms with Crippen molar-refractivity contribution in [1.29, 1.82) is 0 Å². The lowest BCUT2D eigenvalue weighted by atomic mass is 9.91. The molecule has 1 fully saturated rings. The lowest BCUT2D eigenvalue weighted by molar-refractivity contribution is 0.183. The number of benzene rings is 1. The van der Waals surface area contributed by atoms with E-state index in [1.165, 1.54) is 5.56 Å². The van der Waals surface area contributed by atoms with Crippen LogP contribution >= 0.6 is 0 Å². The molecule has 0 spiro atoms. The van der Waals surface area contributed by atoms with Gasteiger partial charge in [-0.2, -0.15) is 0 Å². The van der Waals surface area contributed by atoms with Gasteiger partial charge in [0.25, 0.3) is 0 Å². The van der Waals surface area contributed by atoms with E-state index in [1.807, 2.05) is 12.1 Å². The fraction of sp³-hybridized carbons (Fsp3) is 0.533. The minimum absolute atomic E-state index is 0.117. The summed E-state index contributed by atoms with van der Waals surface area (Å²) in [6, 6.07) is 8.64. The maximum atomic E-state index is 10.6. The highest BCUT2D eigenvalue weighted by atomic mass is 16.5. The Kier molecular flexibility index (Phi) is 5.24. The van der Waals surface area contributed by atoms with E-state index in [1.54, 1.807) is 7.11 Å². The van der Waals surface area contributed by atoms with Crippen molar-refractivity contribution in [3.63, 3.8) is 0 Å². The highest BCUT2D eigenvalue weighted by Gasteiger charge is 2.21. The van der Waals surface area contributed by atoms with E-state index in [4.69, 9.17) is 9.84 Å². The molecule has 5 nitrogen and oxygen atoms in total. The predicted octanol–water partition coefficient (Wildman–Crippen LogP) is 2.36. The van der Waals surface area contributed by atoms with Gasteiger partial charge >= 0.3 is 6.09 Å². The molecule has 0 heterocycles. The van der Waals surface area contributed by atoms with Crippen molar-refractivity contribution >= 4 is 6.09 Å². The van der Waals surface area contributed by atoms with Gasteiger partial charge in [-0.1, -0.05) is 12.1 Å². The predicted molar refractivity (Wildman–Crippen MR) is 77.0 cm³/mol. The Balaban J connectivity index is 1.71. The van der Waals surface area contributed by atoms with Gasteiger partial charge in [-0.15, -0.1) is 0 Å². The summed E-state index contributed by atoms with van der Waals surface area (Å²) in [6.07, 6.45) is 2.93. The van der Waals surface area contributed by atoms with E-state index in [9.17, 15) is 4.79 Å². The molecular formula is C15H22N2O3. The zero-order valence-corrected chi connectivity index (χ0v) is 11.8. The van der Waals surface area contributed by atoms with Gasteiger partial charge < -0.3 is 20.5 Å². The van der Waals surface area contributed by atoms with Gasteiger partial charge in [0, 0.05) is 18.6 Å². The molecule has 1 saturated carbocycles. The third kappa shape index (κ3) is 4.42. The fourth-order valence-electron chi connectivity index (χ4n) is 2.62. The molecule has 1 aliphatic carbocycles. The molecule has 0 unspecified atom stereocenters. The van der Waals surface area contributed by atoms with Crippen molar-refractivity contribution in [3.8, 4) is 5.75 Å². The van der Waals surface area contributed by atoms with Gasteiger partial charge in [-0.25, -0.2) is 4.79 Å². The summed E-state index contributed by atoms with van der Waals surface area (Å²) < 4.78 is 5.13. The minimum Gasteiger partial charge on any atom is -0.497 e. The Morgan fingerprint density at radius 2 is 1.80 bits per heavy atom. The van der Waals surface area contributed by atoms with Crippen LogP contribution in [0.5, 0.6) is 5.75 Å². The first-order chi connectivity index (χ1) is 9.67. The SMILES string of the molecule is COc1ccc(CNC2CCC(NC(=O)O)CC2)cc1. The Morgan fingerprint density at radius 3 is 2.35 bits per heavy atom. The summed E-state index contributed by atoms with van der Waals surface area (Å²) in [4.78, 5) is 10.6. The van der Waals surface area contributed by atoms with E-state index in [0.717, 1.165) is 38.0 Å². The molecule has 5 heteroatoms. The van der Waals surface area contributed by atoms with Gasteiger partial charge in [0.1, 0.15) is 5.75 Å². The van der Waals surface area contributed by atoms with Crippen LogP contribution in [0.2, 0.25) is 0 Å². The fourth-order valence-corrected chi connectivity index (χ4v) is 2.62. The molecule has 0 bridgehead atoms. The number of rotatable bonds is 5. The van der Waals surface area contributed by atoms with Crippen LogP contribution in [0.4, 0.5) is 4.79 Å². The van der Waals surface area contributed by atoms with Crippen LogP contribution in [0.3, 0.4) is 0 Å². The van der Waals surface area contributed by atoms with Crippen LogP contribution in [0.15, 0.2) is 24.3 Å². The summed E-state index contributed by atoms with van der Waals surface area (Å²) in [5, 5.41) is 14.8. The van der Waals surface area contributed by atoms with E-state index in [-0.39, 0.29) is 6.04 Å². The highest BCUT2D eigenvalue weighted by Crippen LogP contribution is 2.19. The quantitative estimate of drug-likeness (QED) is 0.773. The number of hydrogen-bond donors (Lipinski definition) is 3. The van der Waals surface area contributed by atoms with Crippen molar-refractivity contribution < 1.29 is 14.6 Å². The molecule has 2 rings (SSSR count). The molecule has 3 N–H and O–H groups in total. The second-order valence-corrected chi connectivity index (χ2v) is 5.23. The summed E-state index contributed by atoms with van der Waals surface area (Å²) in [5.41, 5.74) is 1.23. The van der Waals surface area contributed by atoms with Crippen LogP contribution in [-0.2, 0) is 6.54 Å². The zero-order chi connectivity index (χ0) is 14.4. The normalized spacial score (nSPS) is 22.2. The van der Waals surface area contributed by atoms with Gasteiger partial charge in [0.2, 0.25) is 0 Å². The third-order valence-electron chi connectivity index (χ3n) is 3.81. The number of carbonyl (C=O) groups is 1. The second kappa shape index (κ2) is 7.14. The molecule has 20 heavy (non-hydrogen) atoms. The van der Waals surface area contributed by atoms with Crippen molar-refractivity contribution in [2.24, 2.45) is 0 Å². The maximum Gasteiger partial charge on any atom is 0.404 e. The molecule has 0 aliphatic heterocycles. The van der Waals surface area contributed by atoms with E-state index in [2.05, 4.69) is 22.8 Å². The van der Waals surface area contributed by atoms with Crippen LogP contribution in [0, 0.1) is 0 Å². The van der Waals surface area contributed by atoms with E-state index >= 15 is 0 Å². The molecule has 110 valence electrons. The largest absolute Gasteiger partial charge is 0.497 e. The monoisotopic (exact) mass is 278 g/mol. The summed E-state index contributed by atoms with van der Waals surface area (Å²) >= 11 is 0. The summed E-state index contributed by atoms with van der Waals surface area (Å²) in [5.74, 6) is 0.869. The second-order valence-electron chi connectivity index (χ2n) is 5.23. The van der Waals surface area contributed by atoms with Crippen molar-refractivity contribution in [3.05, 3.63) is 29.8 Å². The lowest BCUT2D eigenvalue weighted by Crippen LogP contribution is -2.41. The molecule has 1 aromatic carbocycles. The van der Waals surface area contributed by atoms with E-state index < -0.39 is 6.09 Å². The molecule has 0 saturated heterocycles. The van der Waals surface area contributed by atoms with Gasteiger partial charge in [-0.3, -0.25) is 0 Å². The Labute approximate surface area is 119 Å². The average molecular weight is 278 g/mol. The topological polar surface area (TPSA) is 70.6 Å². The number of nitrogens with one attached hydrogen (secondary N) is 2. The zero-order valence-electron chi connectivity index (χ0n) is 11.8. The standard InChI is InChI=1S/C15H22N2O3/c1-20-14-8-2-11(3-9-14)10-16-12-4-6-13(7-5-12)17-15(18)19/h2-3,8-9,12-13,16-17H,4-7,10H2,1H3,(H,18,19). The summed E-state index contributed by atoms with van der Waals surface area (Å²) in [6.45, 7) is 0.839. The number of methoxy groups -OCH3 is 1. The highest BCUT2D eigenvalue weighted by molar-refractivity contribution is 5.64. The van der Waals surface area contributed by atoms with Gasteiger partial charge in [0.05, 0.1) is 7.11 Å². The average Bonchev–Trinajstić information content (AvgIpc) is 2.46. The molecule has 0 aromatic heterocycles. The Morgan fingerprint density at radius 1 is 1.20 bits per heavy atom. The maximum absolute atomic E-state index is 10.6. The van der Waals surface area contributed by atoms with Crippen molar-refractivity contribution in [2.75, 3.05) is 7.11 Å². The molecule has 1 aliphatic rings. The minimum atomic E-state index is -0.917. The van der Waals surface area contributed by atoms with Crippen LogP contribution in [0.1, 0.15) is 31.2 Å². The molecule has 0 radical (unpaired) electrons. The van der Waals surface area contributed by atoms with Gasteiger partial charge in [0.15, 0.2) is 0 Å². The third-order valence-corrected chi connectivity index (χ3v) is 3.81. The first-order valence-electron chi connectivity index (χ1n) is 7.03. The molecule has 0 atom stereocenters. The first kappa shape index (κ1) is 14.7. The molecular weight excluding hydrogens is 256 g/mol. The smallest absolute Gasteiger partial charge is 0.404 e. The lowest BCUT2D eigenvalue weighted by Gasteiger charge is -2.29. The van der Waals surface area contributed by atoms with Crippen molar-refractivity contribution in [2.45, 2.75) is 44.3 Å². The van der Waals surface area contributed by atoms with Gasteiger partial charge in [-0.05, 0) is 43.4 Å². The van der Waals surface area contributed by atoms with Crippen molar-refractivity contribution in [1.82, 2.24) is 10.6 Å². The number of hydrogen-bond acceptors (Lipinski definition) is 3. The van der Waals surface area contributed by atoms with Crippen LogP contribution < -0.4 is 15.4 Å². The number of carboxylic acid groups (broad SMARTS) is 1. The van der Waals surface area contributed by atoms with Crippen LogP contribution in [-0.4, -0.2) is 30.4 Å². The first-order valence-corrected chi connectivity index (χ1v) is 7.03. The van der Waals surface area contributed by atoms with Crippen LogP contribution in [0.25, 0.3) is 0 Å².